The van der Waals surface area contributed by atoms with E-state index in [1.54, 1.807) is 7.11 Å². The fraction of sp³-hybridized carbons (Fsp3) is 0.389. The molecule has 0 radical (unpaired) electrons. The molecule has 3 aliphatic rings. The van der Waals surface area contributed by atoms with Gasteiger partial charge in [-0.1, -0.05) is 0 Å². The lowest BCUT2D eigenvalue weighted by molar-refractivity contribution is 0.0726. The van der Waals surface area contributed by atoms with Gasteiger partial charge in [-0.25, -0.2) is 14.4 Å². The van der Waals surface area contributed by atoms with Crippen molar-refractivity contribution in [2.45, 2.75) is 69.7 Å². The van der Waals surface area contributed by atoms with E-state index in [0.29, 0.717) is 28.3 Å². The lowest BCUT2D eigenvalue weighted by atomic mass is 9.97. The summed E-state index contributed by atoms with van der Waals surface area (Å²) in [6.45, 7) is 2.69. The quantitative estimate of drug-likeness (QED) is 0.238. The number of hydrogen-bond acceptors (Lipinski definition) is 6. The summed E-state index contributed by atoms with van der Waals surface area (Å²) in [6.07, 6.45) is 5.12. The molecule has 47 heavy (non-hydrogen) atoms. The molecule has 2 aromatic carbocycles. The van der Waals surface area contributed by atoms with E-state index in [2.05, 4.69) is 16.0 Å². The molecule has 2 saturated heterocycles. The summed E-state index contributed by atoms with van der Waals surface area (Å²) in [5, 5.41) is 3.96. The van der Waals surface area contributed by atoms with Gasteiger partial charge in [-0.15, -0.1) is 0 Å². The maximum atomic E-state index is 13.8. The fourth-order valence-corrected chi connectivity index (χ4v) is 7.59. The predicted molar refractivity (Wildman–Crippen MR) is 177 cm³/mol. The Hall–Kier alpha value is -4.77. The second kappa shape index (κ2) is 11.2. The van der Waals surface area contributed by atoms with E-state index < -0.39 is 0 Å². The van der Waals surface area contributed by atoms with Crippen molar-refractivity contribution < 1.29 is 18.7 Å². The van der Waals surface area contributed by atoms with Gasteiger partial charge in [-0.3, -0.25) is 9.59 Å². The first-order valence-corrected chi connectivity index (χ1v) is 16.4. The number of aromatic nitrogens is 4. The van der Waals surface area contributed by atoms with Crippen LogP contribution in [0.4, 0.5) is 4.39 Å². The van der Waals surface area contributed by atoms with Crippen LogP contribution in [0, 0.1) is 11.7 Å². The molecule has 0 unspecified atom stereocenters. The van der Waals surface area contributed by atoms with E-state index in [1.807, 2.05) is 47.7 Å². The van der Waals surface area contributed by atoms with Crippen molar-refractivity contribution in [3.05, 3.63) is 77.2 Å². The molecular formula is C36H38FN7O3. The average molecular weight is 636 g/mol. The van der Waals surface area contributed by atoms with Gasteiger partial charge in [0.25, 0.3) is 11.8 Å². The zero-order valence-electron chi connectivity index (χ0n) is 26.7. The van der Waals surface area contributed by atoms with Crippen LogP contribution in [0.15, 0.2) is 54.6 Å². The number of aryl methyl sites for hydroxylation is 1. The zero-order chi connectivity index (χ0) is 32.6. The highest BCUT2D eigenvalue weighted by Gasteiger charge is 2.47. The van der Waals surface area contributed by atoms with Crippen LogP contribution >= 0.6 is 0 Å². The Morgan fingerprint density at radius 2 is 1.83 bits per heavy atom. The molecule has 3 N–H and O–H groups in total. The smallest absolute Gasteiger partial charge is 0.254 e. The molecule has 2 amide bonds. The molecule has 2 bridgehead atoms. The topological polar surface area (TPSA) is 120 Å². The first-order valence-electron chi connectivity index (χ1n) is 16.4. The Kier molecular flexibility index (Phi) is 7.05. The maximum Gasteiger partial charge on any atom is 0.254 e. The summed E-state index contributed by atoms with van der Waals surface area (Å²) in [4.78, 5) is 38.8. The molecule has 8 rings (SSSR count). The number of nitrogens with two attached hydrogens (primary N) is 1. The monoisotopic (exact) mass is 635 g/mol. The molecule has 10 nitrogen and oxygen atoms in total. The number of benzene rings is 2. The van der Waals surface area contributed by atoms with Crippen LogP contribution in [0.5, 0.6) is 5.75 Å². The number of carbonyl (C=O) groups excluding carboxylic acids is 2. The van der Waals surface area contributed by atoms with Crippen LogP contribution in [-0.4, -0.2) is 61.1 Å². The SMILES string of the molecule is COc1cc(C(=O)N2[C@H]3CC[C@@H]2[C@H](N)C3)cc2nc(-c3cc4ccc([C@@H](C)NC(=O)c5ccc(F)cc5)nc4n3CC3CC3)n(C)c12. The summed E-state index contributed by atoms with van der Waals surface area (Å²) in [6, 6.07) is 15.2. The van der Waals surface area contributed by atoms with Crippen molar-refractivity contribution in [1.29, 1.82) is 0 Å². The normalized spacial score (nSPS) is 21.1. The van der Waals surface area contributed by atoms with E-state index in [1.165, 1.54) is 24.3 Å². The largest absolute Gasteiger partial charge is 0.494 e. The number of rotatable bonds is 8. The van der Waals surface area contributed by atoms with Gasteiger partial charge >= 0.3 is 0 Å². The van der Waals surface area contributed by atoms with Crippen LogP contribution in [0.1, 0.15) is 71.5 Å². The second-order valence-electron chi connectivity index (χ2n) is 13.4. The molecule has 242 valence electrons. The predicted octanol–water partition coefficient (Wildman–Crippen LogP) is 5.34. The molecule has 2 aliphatic heterocycles. The number of carbonyl (C=O) groups is 2. The minimum atomic E-state index is -0.388. The van der Waals surface area contributed by atoms with Crippen molar-refractivity contribution in [1.82, 2.24) is 29.3 Å². The Morgan fingerprint density at radius 3 is 2.51 bits per heavy atom. The molecule has 4 atom stereocenters. The standard InChI is InChI=1S/C36H38FN7O3/c1-19(39-35(45)21-6-9-24(37)10-7-21)27-12-8-22-15-30(43(33(22)40-27)18-20-4-5-20)34-41-28-14-23(16-31(47-3)32(28)42(34)2)36(46)44-25-11-13-29(44)26(38)17-25/h6-10,12,14-16,19-20,25-26,29H,4-5,11,13,17-18,38H2,1-3H3,(H,39,45)/t19-,25+,26-,29-/m1/s1. The van der Waals surface area contributed by atoms with E-state index in [0.717, 1.165) is 72.4 Å². The van der Waals surface area contributed by atoms with E-state index >= 15 is 0 Å². The van der Waals surface area contributed by atoms with Gasteiger partial charge in [0.1, 0.15) is 22.7 Å². The van der Waals surface area contributed by atoms with Crippen molar-refractivity contribution in [3.8, 4) is 17.3 Å². The molecule has 11 heteroatoms. The first-order chi connectivity index (χ1) is 22.7. The zero-order valence-corrected chi connectivity index (χ0v) is 26.7. The number of ether oxygens (including phenoxy) is 1. The lowest BCUT2D eigenvalue weighted by Gasteiger charge is -2.23. The number of imidazole rings is 1. The minimum Gasteiger partial charge on any atom is -0.494 e. The summed E-state index contributed by atoms with van der Waals surface area (Å²) >= 11 is 0. The Labute approximate surface area is 271 Å². The third-order valence-electron chi connectivity index (χ3n) is 10.3. The van der Waals surface area contributed by atoms with Gasteiger partial charge in [-0.05, 0) is 99.5 Å². The molecule has 5 aromatic rings. The van der Waals surface area contributed by atoms with Gasteiger partial charge in [0.15, 0.2) is 5.82 Å². The Bertz CT molecular complexity index is 2050. The maximum absolute atomic E-state index is 13.8. The van der Waals surface area contributed by atoms with E-state index in [9.17, 15) is 14.0 Å². The first kappa shape index (κ1) is 29.6. The van der Waals surface area contributed by atoms with Crippen LogP contribution < -0.4 is 15.8 Å². The Morgan fingerprint density at radius 1 is 1.04 bits per heavy atom. The number of hydrogen-bond donors (Lipinski definition) is 2. The summed E-state index contributed by atoms with van der Waals surface area (Å²) in [7, 11) is 3.59. The van der Waals surface area contributed by atoms with Crippen molar-refractivity contribution in [2.24, 2.45) is 18.7 Å². The van der Waals surface area contributed by atoms with Gasteiger partial charge < -0.3 is 29.8 Å². The molecule has 1 aliphatic carbocycles. The third kappa shape index (κ3) is 5.04. The molecule has 1 saturated carbocycles. The molecule has 3 aromatic heterocycles. The van der Waals surface area contributed by atoms with Crippen LogP contribution in [0.3, 0.4) is 0 Å². The van der Waals surface area contributed by atoms with Gasteiger partial charge in [0.05, 0.1) is 30.1 Å². The van der Waals surface area contributed by atoms with Crippen molar-refractivity contribution >= 4 is 33.9 Å². The summed E-state index contributed by atoms with van der Waals surface area (Å²) < 4.78 is 23.5. The third-order valence-corrected chi connectivity index (χ3v) is 10.3. The van der Waals surface area contributed by atoms with Crippen LogP contribution in [0.2, 0.25) is 0 Å². The van der Waals surface area contributed by atoms with E-state index in [-0.39, 0.29) is 41.8 Å². The summed E-state index contributed by atoms with van der Waals surface area (Å²) in [5.74, 6) is 1.21. The van der Waals surface area contributed by atoms with Gasteiger partial charge in [0, 0.05) is 48.2 Å². The number of nitrogens with one attached hydrogen (secondary N) is 1. The number of fused-ring (bicyclic) bond motifs is 4. The number of nitrogens with zero attached hydrogens (tertiary/aromatic N) is 5. The van der Waals surface area contributed by atoms with Crippen molar-refractivity contribution in [3.63, 3.8) is 0 Å². The van der Waals surface area contributed by atoms with Crippen LogP contribution in [-0.2, 0) is 13.6 Å². The highest BCUT2D eigenvalue weighted by molar-refractivity contribution is 6.01. The number of pyridine rings is 1. The van der Waals surface area contributed by atoms with E-state index in [4.69, 9.17) is 20.4 Å². The van der Waals surface area contributed by atoms with Gasteiger partial charge in [-0.2, -0.15) is 0 Å². The fourth-order valence-electron chi connectivity index (χ4n) is 7.59. The highest BCUT2D eigenvalue weighted by Crippen LogP contribution is 2.40. The molecule has 0 spiro atoms. The van der Waals surface area contributed by atoms with Crippen LogP contribution in [0.25, 0.3) is 33.6 Å². The molecule has 5 heterocycles. The van der Waals surface area contributed by atoms with Gasteiger partial charge in [0.2, 0.25) is 0 Å². The lowest BCUT2D eigenvalue weighted by Crippen LogP contribution is -2.40. The number of halogens is 1. The molecular weight excluding hydrogens is 597 g/mol. The Balaban J connectivity index is 1.16. The molecule has 3 fully saturated rings. The number of methoxy groups -OCH3 is 1. The number of amides is 2. The minimum absolute atomic E-state index is 0.0157. The average Bonchev–Trinajstić information content (AvgIpc) is 3.38. The van der Waals surface area contributed by atoms with Crippen molar-refractivity contribution in [2.75, 3.05) is 7.11 Å². The second-order valence-corrected chi connectivity index (χ2v) is 13.4. The summed E-state index contributed by atoms with van der Waals surface area (Å²) in [5.41, 5.74) is 11.3. The highest BCUT2D eigenvalue weighted by atomic mass is 19.1.